The van der Waals surface area contributed by atoms with E-state index >= 15 is 0 Å². The van der Waals surface area contributed by atoms with Crippen LogP contribution in [0.2, 0.25) is 0 Å². The summed E-state index contributed by atoms with van der Waals surface area (Å²) in [6.07, 6.45) is 5.16. The molecule has 0 unspecified atom stereocenters. The predicted molar refractivity (Wildman–Crippen MR) is 110 cm³/mol. The maximum atomic E-state index is 12.8. The molecule has 150 valence electrons. The normalized spacial score (nSPS) is 12.5. The van der Waals surface area contributed by atoms with Crippen LogP contribution in [0, 0.1) is 0 Å². The van der Waals surface area contributed by atoms with E-state index in [1.807, 2.05) is 54.7 Å². The standard InChI is InChI=1S/C22H19N5O3/c28-22(23-11-15-12-25-27(14-15)17-4-2-1-3-5-17)18-13-24-26-21(18)16-6-7-19-20(10-16)30-9-8-29-19/h1-7,10,12-14H,8-9,11H2,(H,23,28)(H,24,26). The fraction of sp³-hybridized carbons (Fsp3) is 0.136. The maximum absolute atomic E-state index is 12.8. The van der Waals surface area contributed by atoms with Crippen molar-refractivity contribution >= 4 is 5.91 Å². The lowest BCUT2D eigenvalue weighted by atomic mass is 10.1. The molecule has 0 atom stereocenters. The zero-order valence-electron chi connectivity index (χ0n) is 16.0. The molecule has 8 heteroatoms. The number of H-pyrrole nitrogens is 1. The first-order valence-electron chi connectivity index (χ1n) is 9.58. The summed E-state index contributed by atoms with van der Waals surface area (Å²) in [4.78, 5) is 12.8. The number of hydrogen-bond acceptors (Lipinski definition) is 5. The third-order valence-corrected chi connectivity index (χ3v) is 4.82. The van der Waals surface area contributed by atoms with Crippen molar-refractivity contribution in [2.24, 2.45) is 0 Å². The Kier molecular flexibility index (Phi) is 4.65. The molecule has 0 fully saturated rings. The monoisotopic (exact) mass is 401 g/mol. The van der Waals surface area contributed by atoms with E-state index < -0.39 is 0 Å². The maximum Gasteiger partial charge on any atom is 0.255 e. The molecule has 0 radical (unpaired) electrons. The van der Waals surface area contributed by atoms with E-state index in [2.05, 4.69) is 20.6 Å². The summed E-state index contributed by atoms with van der Waals surface area (Å²) >= 11 is 0. The summed E-state index contributed by atoms with van der Waals surface area (Å²) in [5.41, 5.74) is 3.76. The van der Waals surface area contributed by atoms with E-state index in [-0.39, 0.29) is 5.91 Å². The fourth-order valence-corrected chi connectivity index (χ4v) is 3.33. The molecule has 0 saturated carbocycles. The third-order valence-electron chi connectivity index (χ3n) is 4.82. The zero-order chi connectivity index (χ0) is 20.3. The highest BCUT2D eigenvalue weighted by molar-refractivity contribution is 5.99. The van der Waals surface area contributed by atoms with Crippen molar-refractivity contribution in [2.45, 2.75) is 6.54 Å². The zero-order valence-corrected chi connectivity index (χ0v) is 16.0. The second kappa shape index (κ2) is 7.75. The van der Waals surface area contributed by atoms with Crippen LogP contribution in [0.25, 0.3) is 16.9 Å². The molecule has 0 aliphatic carbocycles. The first-order valence-corrected chi connectivity index (χ1v) is 9.58. The molecule has 5 rings (SSSR count). The largest absolute Gasteiger partial charge is 0.486 e. The number of rotatable bonds is 5. The quantitative estimate of drug-likeness (QED) is 0.536. The van der Waals surface area contributed by atoms with Gasteiger partial charge in [0.2, 0.25) is 0 Å². The van der Waals surface area contributed by atoms with Crippen LogP contribution in [0.3, 0.4) is 0 Å². The van der Waals surface area contributed by atoms with Gasteiger partial charge in [0.05, 0.1) is 29.3 Å². The van der Waals surface area contributed by atoms with Crippen LogP contribution in [-0.4, -0.2) is 39.1 Å². The van der Waals surface area contributed by atoms with E-state index in [0.717, 1.165) is 16.8 Å². The van der Waals surface area contributed by atoms with Crippen LogP contribution in [0.15, 0.2) is 67.1 Å². The summed E-state index contributed by atoms with van der Waals surface area (Å²) in [5, 5.41) is 14.3. The Labute approximate surface area is 172 Å². The molecule has 0 saturated heterocycles. The summed E-state index contributed by atoms with van der Waals surface area (Å²) in [7, 11) is 0. The average Bonchev–Trinajstić information content (AvgIpc) is 3.48. The van der Waals surface area contributed by atoms with Gasteiger partial charge in [-0.15, -0.1) is 0 Å². The Hall–Kier alpha value is -4.07. The highest BCUT2D eigenvalue weighted by Gasteiger charge is 2.18. The van der Waals surface area contributed by atoms with Crippen molar-refractivity contribution in [1.82, 2.24) is 25.3 Å². The van der Waals surface area contributed by atoms with E-state index in [4.69, 9.17) is 9.47 Å². The molecule has 2 aromatic carbocycles. The highest BCUT2D eigenvalue weighted by Crippen LogP contribution is 2.34. The van der Waals surface area contributed by atoms with Gasteiger partial charge < -0.3 is 14.8 Å². The SMILES string of the molecule is O=C(NCc1cnn(-c2ccccc2)c1)c1cn[nH]c1-c1ccc2c(c1)OCCO2. The van der Waals surface area contributed by atoms with Gasteiger partial charge in [-0.3, -0.25) is 9.89 Å². The molecular formula is C22H19N5O3. The van der Waals surface area contributed by atoms with Crippen molar-refractivity contribution in [2.75, 3.05) is 13.2 Å². The van der Waals surface area contributed by atoms with Gasteiger partial charge in [0.25, 0.3) is 5.91 Å². The Morgan fingerprint density at radius 2 is 1.90 bits per heavy atom. The van der Waals surface area contributed by atoms with Crippen LogP contribution in [-0.2, 0) is 6.54 Å². The molecule has 2 aromatic heterocycles. The number of aromatic nitrogens is 4. The number of hydrogen-bond donors (Lipinski definition) is 2. The minimum atomic E-state index is -0.221. The van der Waals surface area contributed by atoms with Crippen molar-refractivity contribution in [3.05, 3.63) is 78.2 Å². The lowest BCUT2D eigenvalue weighted by Crippen LogP contribution is -2.22. The van der Waals surface area contributed by atoms with Gasteiger partial charge >= 0.3 is 0 Å². The van der Waals surface area contributed by atoms with Crippen molar-refractivity contribution < 1.29 is 14.3 Å². The number of fused-ring (bicyclic) bond motifs is 1. The Morgan fingerprint density at radius 3 is 2.77 bits per heavy atom. The van der Waals surface area contributed by atoms with Crippen LogP contribution in [0.5, 0.6) is 11.5 Å². The average molecular weight is 401 g/mol. The number of carbonyl (C=O) groups is 1. The summed E-state index contributed by atoms with van der Waals surface area (Å²) in [6, 6.07) is 15.4. The van der Waals surface area contributed by atoms with E-state index in [1.165, 1.54) is 6.20 Å². The van der Waals surface area contributed by atoms with E-state index in [0.29, 0.717) is 42.5 Å². The Bertz CT molecular complexity index is 1180. The van der Waals surface area contributed by atoms with Crippen LogP contribution in [0.1, 0.15) is 15.9 Å². The number of carbonyl (C=O) groups excluding carboxylic acids is 1. The van der Waals surface area contributed by atoms with Gasteiger partial charge in [0.1, 0.15) is 13.2 Å². The number of nitrogens with zero attached hydrogens (tertiary/aromatic N) is 3. The van der Waals surface area contributed by atoms with Gasteiger partial charge in [-0.1, -0.05) is 18.2 Å². The van der Waals surface area contributed by atoms with Crippen LogP contribution >= 0.6 is 0 Å². The lowest BCUT2D eigenvalue weighted by molar-refractivity contribution is 0.0951. The summed E-state index contributed by atoms with van der Waals surface area (Å²) < 4.78 is 13.0. The van der Waals surface area contributed by atoms with Gasteiger partial charge in [-0.25, -0.2) is 4.68 Å². The molecule has 1 aliphatic heterocycles. The van der Waals surface area contributed by atoms with Gasteiger partial charge in [0, 0.05) is 23.9 Å². The van der Waals surface area contributed by atoms with Crippen molar-refractivity contribution in [3.8, 4) is 28.4 Å². The molecule has 30 heavy (non-hydrogen) atoms. The molecule has 0 bridgehead atoms. The number of nitrogens with one attached hydrogen (secondary N) is 2. The minimum Gasteiger partial charge on any atom is -0.486 e. The van der Waals surface area contributed by atoms with Gasteiger partial charge in [0.15, 0.2) is 11.5 Å². The molecule has 4 aromatic rings. The number of benzene rings is 2. The third kappa shape index (κ3) is 3.50. The van der Waals surface area contributed by atoms with Crippen molar-refractivity contribution in [1.29, 1.82) is 0 Å². The molecule has 8 nitrogen and oxygen atoms in total. The predicted octanol–water partition coefficient (Wildman–Crippen LogP) is 2.96. The molecule has 2 N–H and O–H groups in total. The molecular weight excluding hydrogens is 382 g/mol. The Morgan fingerprint density at radius 1 is 1.07 bits per heavy atom. The topological polar surface area (TPSA) is 94.1 Å². The van der Waals surface area contributed by atoms with Crippen LogP contribution in [0.4, 0.5) is 0 Å². The van der Waals surface area contributed by atoms with Crippen LogP contribution < -0.4 is 14.8 Å². The molecule has 3 heterocycles. The van der Waals surface area contributed by atoms with E-state index in [1.54, 1.807) is 10.9 Å². The molecule has 1 aliphatic rings. The second-order valence-corrected chi connectivity index (χ2v) is 6.83. The highest BCUT2D eigenvalue weighted by atomic mass is 16.6. The number of para-hydroxylation sites is 1. The first-order chi connectivity index (χ1) is 14.8. The van der Waals surface area contributed by atoms with Crippen molar-refractivity contribution in [3.63, 3.8) is 0 Å². The fourth-order valence-electron chi connectivity index (χ4n) is 3.33. The number of ether oxygens (including phenoxy) is 2. The smallest absolute Gasteiger partial charge is 0.255 e. The van der Waals surface area contributed by atoms with Gasteiger partial charge in [-0.2, -0.15) is 10.2 Å². The first kappa shape index (κ1) is 18.0. The number of amides is 1. The molecule has 1 amide bonds. The molecule has 0 spiro atoms. The summed E-state index contributed by atoms with van der Waals surface area (Å²) in [6.45, 7) is 1.39. The Balaban J connectivity index is 1.30. The van der Waals surface area contributed by atoms with E-state index in [9.17, 15) is 4.79 Å². The lowest BCUT2D eigenvalue weighted by Gasteiger charge is -2.18. The number of aromatic amines is 1. The summed E-state index contributed by atoms with van der Waals surface area (Å²) in [5.74, 6) is 1.14. The second-order valence-electron chi connectivity index (χ2n) is 6.83. The minimum absolute atomic E-state index is 0.221. The van der Waals surface area contributed by atoms with Gasteiger partial charge in [-0.05, 0) is 30.3 Å².